The third kappa shape index (κ3) is 3.98. The first-order valence-corrected chi connectivity index (χ1v) is 6.97. The lowest BCUT2D eigenvalue weighted by Gasteiger charge is -2.11. The molecule has 2 aromatic heterocycles. The van der Waals surface area contributed by atoms with Gasteiger partial charge in [0.2, 0.25) is 0 Å². The van der Waals surface area contributed by atoms with Crippen molar-refractivity contribution < 1.29 is 0 Å². The van der Waals surface area contributed by atoms with Gasteiger partial charge in [-0.15, -0.1) is 11.3 Å². The molecule has 1 N–H and O–H groups in total. The molecule has 1 unspecified atom stereocenters. The predicted molar refractivity (Wildman–Crippen MR) is 72.2 cm³/mol. The van der Waals surface area contributed by atoms with E-state index in [1.165, 1.54) is 17.7 Å². The van der Waals surface area contributed by atoms with Crippen LogP contribution in [-0.4, -0.2) is 16.1 Å². The van der Waals surface area contributed by atoms with Gasteiger partial charge in [0, 0.05) is 29.9 Å². The van der Waals surface area contributed by atoms with Crippen molar-refractivity contribution in [2.24, 2.45) is 0 Å². The lowest BCUT2D eigenvalue weighted by Crippen LogP contribution is -2.19. The van der Waals surface area contributed by atoms with Crippen LogP contribution in [0.15, 0.2) is 36.2 Å². The molecule has 0 saturated carbocycles. The second-order valence-corrected chi connectivity index (χ2v) is 5.18. The summed E-state index contributed by atoms with van der Waals surface area (Å²) in [6.07, 6.45) is 8.12. The summed E-state index contributed by atoms with van der Waals surface area (Å²) in [5.74, 6) is 0. The number of hydrogen-bond acceptors (Lipinski definition) is 3. The molecule has 92 valence electrons. The zero-order valence-corrected chi connectivity index (χ0v) is 11.0. The first kappa shape index (κ1) is 12.3. The summed E-state index contributed by atoms with van der Waals surface area (Å²) in [5, 5.41) is 5.68. The minimum absolute atomic E-state index is 0.475. The normalized spacial score (nSPS) is 12.8. The van der Waals surface area contributed by atoms with Gasteiger partial charge in [0.05, 0.1) is 6.33 Å². The molecule has 0 amide bonds. The molecule has 4 heteroatoms. The standard InChI is InChI=1S/C13H19N3S/c1-12(13-5-4-10-17-13)15-6-2-3-8-16-9-7-14-11-16/h4-5,7,9-12,15H,2-3,6,8H2,1H3. The fraction of sp³-hybridized carbons (Fsp3) is 0.462. The SMILES string of the molecule is CC(NCCCCn1ccnc1)c1cccs1. The number of unbranched alkanes of at least 4 members (excludes halogenated alkanes) is 1. The molecular formula is C13H19N3S. The quantitative estimate of drug-likeness (QED) is 0.764. The van der Waals surface area contributed by atoms with Gasteiger partial charge < -0.3 is 9.88 Å². The number of nitrogens with zero attached hydrogens (tertiary/aromatic N) is 2. The highest BCUT2D eigenvalue weighted by Crippen LogP contribution is 2.17. The molecule has 0 fully saturated rings. The summed E-state index contributed by atoms with van der Waals surface area (Å²) in [6, 6.07) is 4.77. The van der Waals surface area contributed by atoms with E-state index in [9.17, 15) is 0 Å². The Kier molecular flexibility index (Phi) is 4.76. The van der Waals surface area contributed by atoms with E-state index in [4.69, 9.17) is 0 Å². The summed E-state index contributed by atoms with van der Waals surface area (Å²) < 4.78 is 2.13. The highest BCUT2D eigenvalue weighted by Gasteiger charge is 2.04. The average molecular weight is 249 g/mol. The van der Waals surface area contributed by atoms with Gasteiger partial charge in [-0.2, -0.15) is 0 Å². The maximum Gasteiger partial charge on any atom is 0.0945 e. The molecule has 2 rings (SSSR count). The number of hydrogen-bond donors (Lipinski definition) is 1. The molecule has 0 aliphatic rings. The third-order valence-electron chi connectivity index (χ3n) is 2.82. The fourth-order valence-corrected chi connectivity index (χ4v) is 2.55. The summed E-state index contributed by atoms with van der Waals surface area (Å²) in [6.45, 7) is 4.37. The zero-order chi connectivity index (χ0) is 11.9. The van der Waals surface area contributed by atoms with Crippen molar-refractivity contribution in [2.45, 2.75) is 32.4 Å². The number of aromatic nitrogens is 2. The van der Waals surface area contributed by atoms with Crippen molar-refractivity contribution >= 4 is 11.3 Å². The van der Waals surface area contributed by atoms with E-state index in [1.54, 1.807) is 0 Å². The molecule has 2 aromatic rings. The predicted octanol–water partition coefficient (Wildman–Crippen LogP) is 3.08. The molecule has 0 radical (unpaired) electrons. The van der Waals surface area contributed by atoms with Gasteiger partial charge >= 0.3 is 0 Å². The van der Waals surface area contributed by atoms with E-state index in [1.807, 2.05) is 30.1 Å². The Morgan fingerprint density at radius 1 is 1.47 bits per heavy atom. The summed E-state index contributed by atoms with van der Waals surface area (Å²) in [7, 11) is 0. The largest absolute Gasteiger partial charge is 0.337 e. The molecule has 3 nitrogen and oxygen atoms in total. The number of imidazole rings is 1. The van der Waals surface area contributed by atoms with Crippen molar-refractivity contribution in [1.29, 1.82) is 0 Å². The van der Waals surface area contributed by atoms with E-state index in [2.05, 4.69) is 39.3 Å². The second-order valence-electron chi connectivity index (χ2n) is 4.20. The van der Waals surface area contributed by atoms with Crippen LogP contribution < -0.4 is 5.32 Å². The maximum absolute atomic E-state index is 4.03. The van der Waals surface area contributed by atoms with Crippen LogP contribution in [0.1, 0.15) is 30.7 Å². The van der Waals surface area contributed by atoms with Crippen molar-refractivity contribution in [3.63, 3.8) is 0 Å². The Bertz CT molecular complexity index is 394. The minimum atomic E-state index is 0.475. The van der Waals surface area contributed by atoms with E-state index in [0.29, 0.717) is 6.04 Å². The third-order valence-corrected chi connectivity index (χ3v) is 3.88. The van der Waals surface area contributed by atoms with Crippen LogP contribution in [0.3, 0.4) is 0 Å². The Labute approximate surface area is 107 Å². The number of thiophene rings is 1. The van der Waals surface area contributed by atoms with Crippen LogP contribution in [0.25, 0.3) is 0 Å². The van der Waals surface area contributed by atoms with Crippen LogP contribution in [0.2, 0.25) is 0 Å². The molecule has 0 spiro atoms. The minimum Gasteiger partial charge on any atom is -0.337 e. The summed E-state index contributed by atoms with van der Waals surface area (Å²) in [5.41, 5.74) is 0. The van der Waals surface area contributed by atoms with Gasteiger partial charge in [0.25, 0.3) is 0 Å². The molecule has 0 bridgehead atoms. The van der Waals surface area contributed by atoms with Crippen LogP contribution in [0.5, 0.6) is 0 Å². The van der Waals surface area contributed by atoms with Crippen molar-refractivity contribution in [3.8, 4) is 0 Å². The van der Waals surface area contributed by atoms with Gasteiger partial charge in [-0.25, -0.2) is 4.98 Å². The first-order valence-electron chi connectivity index (χ1n) is 6.09. The smallest absolute Gasteiger partial charge is 0.0945 e. The molecule has 2 heterocycles. The van der Waals surface area contributed by atoms with Crippen molar-refractivity contribution in [1.82, 2.24) is 14.9 Å². The molecule has 0 aromatic carbocycles. The summed E-state index contributed by atoms with van der Waals surface area (Å²) >= 11 is 1.82. The molecule has 17 heavy (non-hydrogen) atoms. The summed E-state index contributed by atoms with van der Waals surface area (Å²) in [4.78, 5) is 5.45. The molecular weight excluding hydrogens is 230 g/mol. The average Bonchev–Trinajstić information content (AvgIpc) is 3.01. The molecule has 0 aliphatic heterocycles. The van der Waals surface area contributed by atoms with Gasteiger partial charge in [-0.1, -0.05) is 6.07 Å². The number of rotatable bonds is 7. The van der Waals surface area contributed by atoms with Crippen molar-refractivity contribution in [3.05, 3.63) is 41.1 Å². The van der Waals surface area contributed by atoms with E-state index >= 15 is 0 Å². The van der Waals surface area contributed by atoms with E-state index in [-0.39, 0.29) is 0 Å². The Morgan fingerprint density at radius 3 is 3.12 bits per heavy atom. The Morgan fingerprint density at radius 2 is 2.41 bits per heavy atom. The Hall–Kier alpha value is -1.13. The monoisotopic (exact) mass is 249 g/mol. The van der Waals surface area contributed by atoms with Gasteiger partial charge in [0.15, 0.2) is 0 Å². The van der Waals surface area contributed by atoms with Gasteiger partial charge in [0.1, 0.15) is 0 Å². The fourth-order valence-electron chi connectivity index (χ4n) is 1.80. The van der Waals surface area contributed by atoms with Gasteiger partial charge in [-0.3, -0.25) is 0 Å². The molecule has 0 saturated heterocycles. The van der Waals surface area contributed by atoms with Crippen LogP contribution in [0.4, 0.5) is 0 Å². The topological polar surface area (TPSA) is 29.9 Å². The van der Waals surface area contributed by atoms with E-state index < -0.39 is 0 Å². The molecule has 0 aliphatic carbocycles. The van der Waals surface area contributed by atoms with Crippen LogP contribution in [0, 0.1) is 0 Å². The first-order chi connectivity index (χ1) is 8.36. The van der Waals surface area contributed by atoms with Crippen LogP contribution >= 0.6 is 11.3 Å². The van der Waals surface area contributed by atoms with Gasteiger partial charge in [-0.05, 0) is 37.8 Å². The lowest BCUT2D eigenvalue weighted by atomic mass is 10.2. The lowest BCUT2D eigenvalue weighted by molar-refractivity contribution is 0.527. The number of nitrogens with one attached hydrogen (secondary N) is 1. The molecule has 1 atom stereocenters. The highest BCUT2D eigenvalue weighted by atomic mass is 32.1. The highest BCUT2D eigenvalue weighted by molar-refractivity contribution is 7.10. The van der Waals surface area contributed by atoms with E-state index in [0.717, 1.165) is 13.1 Å². The van der Waals surface area contributed by atoms with Crippen molar-refractivity contribution in [2.75, 3.05) is 6.54 Å². The Balaban J connectivity index is 1.57. The zero-order valence-electron chi connectivity index (χ0n) is 10.2. The van der Waals surface area contributed by atoms with Crippen LogP contribution in [-0.2, 0) is 6.54 Å². The maximum atomic E-state index is 4.03. The second kappa shape index (κ2) is 6.57. The number of aryl methyl sites for hydroxylation is 1.